The van der Waals surface area contributed by atoms with Gasteiger partial charge in [-0.15, -0.1) is 0 Å². The van der Waals surface area contributed by atoms with E-state index < -0.39 is 5.91 Å². The van der Waals surface area contributed by atoms with Crippen LogP contribution in [0.1, 0.15) is 15.9 Å². The minimum Gasteiger partial charge on any atom is -0.370 e. The van der Waals surface area contributed by atoms with Crippen LogP contribution in [0.4, 0.5) is 0 Å². The number of carbonyl (C=O) groups excluding carboxylic acids is 1. The molecular formula is C18H16N4O. The predicted molar refractivity (Wildman–Crippen MR) is 92.1 cm³/mol. The minimum absolute atomic E-state index is 0.250. The number of aryl methyl sites for hydroxylation is 1. The third-order valence-corrected chi connectivity index (χ3v) is 3.65. The Labute approximate surface area is 133 Å². The summed E-state index contributed by atoms with van der Waals surface area (Å²) in [5.74, 6) is -0.716. The molecule has 0 atom stereocenters. The lowest BCUT2D eigenvalue weighted by atomic mass is 9.96. The SMILES string of the molecule is Cc1ccccc1-c1ccnc2ccc(C(=O)N=C(N)N)cc12. The van der Waals surface area contributed by atoms with Crippen LogP contribution in [0.2, 0.25) is 0 Å². The number of hydrogen-bond acceptors (Lipinski definition) is 2. The van der Waals surface area contributed by atoms with E-state index in [2.05, 4.69) is 29.0 Å². The highest BCUT2D eigenvalue weighted by molar-refractivity contribution is 6.05. The maximum atomic E-state index is 12.0. The predicted octanol–water partition coefficient (Wildman–Crippen LogP) is 2.62. The van der Waals surface area contributed by atoms with E-state index in [1.807, 2.05) is 18.2 Å². The first-order valence-corrected chi connectivity index (χ1v) is 7.15. The molecule has 0 radical (unpaired) electrons. The molecule has 0 aliphatic heterocycles. The number of aromatic nitrogens is 1. The molecule has 0 saturated heterocycles. The lowest BCUT2D eigenvalue weighted by Crippen LogP contribution is -2.24. The number of amides is 1. The van der Waals surface area contributed by atoms with Gasteiger partial charge >= 0.3 is 0 Å². The van der Waals surface area contributed by atoms with Crippen LogP contribution in [-0.4, -0.2) is 16.9 Å². The van der Waals surface area contributed by atoms with E-state index in [9.17, 15) is 4.79 Å². The summed E-state index contributed by atoms with van der Waals surface area (Å²) in [6, 6.07) is 15.3. The van der Waals surface area contributed by atoms with Crippen molar-refractivity contribution in [2.75, 3.05) is 0 Å². The normalized spacial score (nSPS) is 10.5. The Morgan fingerprint density at radius 2 is 1.83 bits per heavy atom. The lowest BCUT2D eigenvalue weighted by molar-refractivity contribution is 0.100. The quantitative estimate of drug-likeness (QED) is 0.562. The van der Waals surface area contributed by atoms with Crippen molar-refractivity contribution < 1.29 is 4.79 Å². The molecule has 4 N–H and O–H groups in total. The Morgan fingerprint density at radius 3 is 2.57 bits per heavy atom. The van der Waals surface area contributed by atoms with Crippen molar-refractivity contribution >= 4 is 22.8 Å². The van der Waals surface area contributed by atoms with Gasteiger partial charge in [0.25, 0.3) is 5.91 Å². The van der Waals surface area contributed by atoms with E-state index >= 15 is 0 Å². The van der Waals surface area contributed by atoms with Crippen molar-refractivity contribution in [3.63, 3.8) is 0 Å². The van der Waals surface area contributed by atoms with Crippen molar-refractivity contribution in [2.24, 2.45) is 16.5 Å². The lowest BCUT2D eigenvalue weighted by Gasteiger charge is -2.10. The summed E-state index contributed by atoms with van der Waals surface area (Å²) >= 11 is 0. The zero-order valence-electron chi connectivity index (χ0n) is 12.7. The zero-order chi connectivity index (χ0) is 16.4. The van der Waals surface area contributed by atoms with Crippen molar-refractivity contribution in [3.05, 3.63) is 65.9 Å². The van der Waals surface area contributed by atoms with Gasteiger partial charge in [-0.3, -0.25) is 9.78 Å². The molecule has 0 bridgehead atoms. The van der Waals surface area contributed by atoms with Gasteiger partial charge in [0.1, 0.15) is 0 Å². The summed E-state index contributed by atoms with van der Waals surface area (Å²) in [5.41, 5.74) is 15.1. The summed E-state index contributed by atoms with van der Waals surface area (Å²) in [6.07, 6.45) is 1.77. The Balaban J connectivity index is 2.22. The molecule has 0 spiro atoms. The average molecular weight is 304 g/mol. The number of nitrogens with two attached hydrogens (primary N) is 2. The van der Waals surface area contributed by atoms with E-state index in [1.54, 1.807) is 24.4 Å². The van der Waals surface area contributed by atoms with Crippen LogP contribution in [0.3, 0.4) is 0 Å². The number of aliphatic imine (C=N–C) groups is 1. The second-order valence-electron chi connectivity index (χ2n) is 5.25. The third kappa shape index (κ3) is 2.89. The molecule has 1 heterocycles. The second kappa shape index (κ2) is 5.88. The molecule has 3 aromatic rings. The van der Waals surface area contributed by atoms with E-state index in [0.717, 1.165) is 27.6 Å². The van der Waals surface area contributed by atoms with Crippen molar-refractivity contribution in [2.45, 2.75) is 6.92 Å². The minimum atomic E-state index is -0.466. The fourth-order valence-electron chi connectivity index (χ4n) is 2.57. The summed E-state index contributed by atoms with van der Waals surface area (Å²) in [7, 11) is 0. The first-order chi connectivity index (χ1) is 11.1. The van der Waals surface area contributed by atoms with Gasteiger partial charge in [0.2, 0.25) is 0 Å². The van der Waals surface area contributed by atoms with Crippen LogP contribution in [0.15, 0.2) is 59.7 Å². The number of pyridine rings is 1. The van der Waals surface area contributed by atoms with Gasteiger partial charge in [0, 0.05) is 17.1 Å². The Morgan fingerprint density at radius 1 is 1.04 bits per heavy atom. The molecule has 3 rings (SSSR count). The second-order valence-corrected chi connectivity index (χ2v) is 5.25. The molecule has 114 valence electrons. The standard InChI is InChI=1S/C18H16N4O/c1-11-4-2-3-5-13(11)14-8-9-21-16-7-6-12(10-15(14)16)17(23)22-18(19)20/h2-10H,1H3,(H4,19,20,22,23). The highest BCUT2D eigenvalue weighted by Gasteiger charge is 2.11. The number of benzene rings is 2. The molecule has 2 aromatic carbocycles. The number of guanidine groups is 1. The van der Waals surface area contributed by atoms with Crippen LogP contribution in [0.25, 0.3) is 22.0 Å². The molecular weight excluding hydrogens is 288 g/mol. The number of carbonyl (C=O) groups is 1. The molecule has 0 saturated carbocycles. The number of fused-ring (bicyclic) bond motifs is 1. The van der Waals surface area contributed by atoms with E-state index in [0.29, 0.717) is 5.56 Å². The van der Waals surface area contributed by atoms with E-state index in [4.69, 9.17) is 11.5 Å². The third-order valence-electron chi connectivity index (χ3n) is 3.65. The van der Waals surface area contributed by atoms with Crippen molar-refractivity contribution in [1.29, 1.82) is 0 Å². The molecule has 5 heteroatoms. The largest absolute Gasteiger partial charge is 0.370 e. The summed E-state index contributed by atoms with van der Waals surface area (Å²) in [4.78, 5) is 20.0. The Hall–Kier alpha value is -3.21. The first-order valence-electron chi connectivity index (χ1n) is 7.15. The molecule has 1 aromatic heterocycles. The highest BCUT2D eigenvalue weighted by Crippen LogP contribution is 2.30. The number of rotatable bonds is 2. The molecule has 0 aliphatic carbocycles. The fourth-order valence-corrected chi connectivity index (χ4v) is 2.57. The Kier molecular flexibility index (Phi) is 3.76. The van der Waals surface area contributed by atoms with Crippen LogP contribution in [0, 0.1) is 6.92 Å². The molecule has 1 amide bonds. The van der Waals surface area contributed by atoms with E-state index in [-0.39, 0.29) is 5.96 Å². The maximum absolute atomic E-state index is 12.0. The van der Waals surface area contributed by atoms with Gasteiger partial charge in [-0.05, 0) is 47.9 Å². The highest BCUT2D eigenvalue weighted by atomic mass is 16.1. The summed E-state index contributed by atoms with van der Waals surface area (Å²) < 4.78 is 0. The smallest absolute Gasteiger partial charge is 0.280 e. The van der Waals surface area contributed by atoms with Crippen LogP contribution >= 0.6 is 0 Å². The molecule has 23 heavy (non-hydrogen) atoms. The molecule has 0 fully saturated rings. The maximum Gasteiger partial charge on any atom is 0.280 e. The van der Waals surface area contributed by atoms with E-state index in [1.165, 1.54) is 0 Å². The number of nitrogens with zero attached hydrogens (tertiary/aromatic N) is 2. The average Bonchev–Trinajstić information content (AvgIpc) is 2.54. The van der Waals surface area contributed by atoms with Crippen LogP contribution < -0.4 is 11.5 Å². The Bertz CT molecular complexity index is 927. The van der Waals surface area contributed by atoms with Crippen LogP contribution in [-0.2, 0) is 0 Å². The van der Waals surface area contributed by atoms with Gasteiger partial charge in [-0.1, -0.05) is 24.3 Å². The van der Waals surface area contributed by atoms with Crippen molar-refractivity contribution in [1.82, 2.24) is 4.98 Å². The first kappa shape index (κ1) is 14.7. The van der Waals surface area contributed by atoms with Gasteiger partial charge in [-0.25, -0.2) is 0 Å². The van der Waals surface area contributed by atoms with Gasteiger partial charge < -0.3 is 11.5 Å². The fraction of sp³-hybridized carbons (Fsp3) is 0.0556. The topological polar surface area (TPSA) is 94.4 Å². The van der Waals surface area contributed by atoms with Gasteiger partial charge in [0.15, 0.2) is 5.96 Å². The van der Waals surface area contributed by atoms with Gasteiger partial charge in [0.05, 0.1) is 5.52 Å². The monoisotopic (exact) mass is 304 g/mol. The molecule has 0 aliphatic rings. The zero-order valence-corrected chi connectivity index (χ0v) is 12.7. The summed E-state index contributed by atoms with van der Waals surface area (Å²) in [6.45, 7) is 2.05. The van der Waals surface area contributed by atoms with Crippen molar-refractivity contribution in [3.8, 4) is 11.1 Å². The number of hydrogen-bond donors (Lipinski definition) is 2. The van der Waals surface area contributed by atoms with Gasteiger partial charge in [-0.2, -0.15) is 4.99 Å². The molecule has 0 unspecified atom stereocenters. The summed E-state index contributed by atoms with van der Waals surface area (Å²) in [5, 5.41) is 0.887. The molecule has 5 nitrogen and oxygen atoms in total. The van der Waals surface area contributed by atoms with Crippen LogP contribution in [0.5, 0.6) is 0 Å².